The average molecular weight is 492 g/mol. The lowest BCUT2D eigenvalue weighted by Crippen LogP contribution is -2.47. The largest absolute Gasteiger partial charge is 0.571 e. The van der Waals surface area contributed by atoms with E-state index in [0.717, 1.165) is 38.5 Å². The van der Waals surface area contributed by atoms with Gasteiger partial charge in [-0.3, -0.25) is 19.5 Å². The van der Waals surface area contributed by atoms with E-state index in [2.05, 4.69) is 24.9 Å². The summed E-state index contributed by atoms with van der Waals surface area (Å²) in [4.78, 5) is 50.6. The summed E-state index contributed by atoms with van der Waals surface area (Å²) < 4.78 is 6.23. The number of esters is 1. The van der Waals surface area contributed by atoms with Gasteiger partial charge in [-0.1, -0.05) is 0 Å². The van der Waals surface area contributed by atoms with Crippen molar-refractivity contribution in [2.45, 2.75) is 19.9 Å². The zero-order valence-corrected chi connectivity index (χ0v) is 19.8. The fourth-order valence-electron chi connectivity index (χ4n) is 4.53. The number of aromatic nitrogens is 5. The third-order valence-corrected chi connectivity index (χ3v) is 6.37. The Kier molecular flexibility index (Phi) is 6.42. The monoisotopic (exact) mass is 491 g/mol. The molecule has 0 unspecified atom stereocenters. The van der Waals surface area contributed by atoms with Gasteiger partial charge in [0.05, 0.1) is 24.3 Å². The first kappa shape index (κ1) is 23.5. The number of anilines is 1. The molecule has 1 aliphatic heterocycles. The number of pyridine rings is 2. The van der Waals surface area contributed by atoms with Gasteiger partial charge in [0.15, 0.2) is 5.69 Å². The predicted octanol–water partition coefficient (Wildman–Crippen LogP) is 0.471. The van der Waals surface area contributed by atoms with Crippen LogP contribution in [0.4, 0.5) is 5.82 Å². The number of ketones is 2. The first-order chi connectivity index (χ1) is 17.5. The summed E-state index contributed by atoms with van der Waals surface area (Å²) in [5.41, 5.74) is 0.533. The summed E-state index contributed by atoms with van der Waals surface area (Å²) in [6.45, 7) is 6.20. The molecule has 3 aromatic heterocycles. The fourth-order valence-corrected chi connectivity index (χ4v) is 4.53. The maximum atomic E-state index is 13.0. The molecular formula is C24H25N7O5. The van der Waals surface area contributed by atoms with Gasteiger partial charge in [-0.15, -0.1) is 4.68 Å². The van der Waals surface area contributed by atoms with Crippen molar-refractivity contribution in [3.8, 4) is 0 Å². The van der Waals surface area contributed by atoms with Crippen molar-refractivity contribution in [2.24, 2.45) is 0 Å². The van der Waals surface area contributed by atoms with E-state index in [1.807, 2.05) is 6.07 Å². The van der Waals surface area contributed by atoms with Crippen molar-refractivity contribution in [1.29, 1.82) is 0 Å². The van der Waals surface area contributed by atoms with E-state index >= 15 is 0 Å². The van der Waals surface area contributed by atoms with Gasteiger partial charge in [0, 0.05) is 55.2 Å². The lowest BCUT2D eigenvalue weighted by atomic mass is 9.94. The maximum Gasteiger partial charge on any atom is 0.339 e. The van der Waals surface area contributed by atoms with Crippen molar-refractivity contribution in [2.75, 3.05) is 44.2 Å². The third-order valence-electron chi connectivity index (χ3n) is 6.37. The van der Waals surface area contributed by atoms with Crippen LogP contribution in [0.2, 0.25) is 0 Å². The lowest BCUT2D eigenvalue weighted by molar-refractivity contribution is -0.749. The highest BCUT2D eigenvalue weighted by Crippen LogP contribution is 2.24. The van der Waals surface area contributed by atoms with Crippen molar-refractivity contribution in [1.82, 2.24) is 24.6 Å². The molecule has 12 heteroatoms. The smallest absolute Gasteiger partial charge is 0.339 e. The number of hydrogen-bond acceptors (Lipinski definition) is 10. The second-order valence-electron chi connectivity index (χ2n) is 8.54. The van der Waals surface area contributed by atoms with Crippen molar-refractivity contribution in [3.05, 3.63) is 70.1 Å². The summed E-state index contributed by atoms with van der Waals surface area (Å²) in [7, 11) is 0. The van der Waals surface area contributed by atoms with E-state index in [9.17, 15) is 19.6 Å². The van der Waals surface area contributed by atoms with Crippen LogP contribution >= 0.6 is 0 Å². The molecule has 0 bridgehead atoms. The summed E-state index contributed by atoms with van der Waals surface area (Å²) in [6, 6.07) is 6.67. The van der Waals surface area contributed by atoms with Crippen LogP contribution in [0.1, 0.15) is 55.9 Å². The molecular weight excluding hydrogens is 466 g/mol. The molecule has 12 nitrogen and oxygen atoms in total. The number of hydrogen-bond donors (Lipinski definition) is 0. The van der Waals surface area contributed by atoms with Gasteiger partial charge in [-0.2, -0.15) is 0 Å². The normalized spacial score (nSPS) is 15.5. The van der Waals surface area contributed by atoms with E-state index in [-0.39, 0.29) is 35.2 Å². The van der Waals surface area contributed by atoms with E-state index in [4.69, 9.17) is 4.74 Å². The van der Waals surface area contributed by atoms with E-state index in [1.54, 1.807) is 19.1 Å². The second kappa shape index (κ2) is 9.82. The minimum absolute atomic E-state index is 0.0256. The number of fused-ring (bicyclic) bond motifs is 2. The van der Waals surface area contributed by atoms with Gasteiger partial charge in [-0.25, -0.2) is 9.78 Å². The highest BCUT2D eigenvalue weighted by atomic mass is 16.5. The number of piperazine rings is 1. The first-order valence-corrected chi connectivity index (χ1v) is 11.8. The van der Waals surface area contributed by atoms with Gasteiger partial charge in [0.25, 0.3) is 0 Å². The Balaban J connectivity index is 1.16. The van der Waals surface area contributed by atoms with Crippen molar-refractivity contribution < 1.29 is 24.1 Å². The molecule has 4 heterocycles. The highest BCUT2D eigenvalue weighted by Gasteiger charge is 2.40. The molecule has 1 fully saturated rings. The number of nitrogens with zero attached hydrogens (tertiary/aromatic N) is 7. The molecule has 186 valence electrons. The van der Waals surface area contributed by atoms with Crippen LogP contribution in [0.25, 0.3) is 0 Å². The van der Waals surface area contributed by atoms with E-state index in [1.165, 1.54) is 23.1 Å². The molecule has 36 heavy (non-hydrogen) atoms. The lowest BCUT2D eigenvalue weighted by Gasteiger charge is -2.35. The Morgan fingerprint density at radius 2 is 1.86 bits per heavy atom. The van der Waals surface area contributed by atoms with Gasteiger partial charge in [0.1, 0.15) is 11.5 Å². The summed E-state index contributed by atoms with van der Waals surface area (Å²) >= 11 is 0. The summed E-state index contributed by atoms with van der Waals surface area (Å²) in [5, 5.41) is 16.2. The number of carbonyl (C=O) groups is 3. The van der Waals surface area contributed by atoms with Gasteiger partial charge < -0.3 is 14.8 Å². The predicted molar refractivity (Wildman–Crippen MR) is 126 cm³/mol. The van der Waals surface area contributed by atoms with Gasteiger partial charge >= 0.3 is 5.97 Å². The Hall–Kier alpha value is -4.19. The van der Waals surface area contributed by atoms with Crippen LogP contribution < -0.4 is 9.86 Å². The molecule has 3 aromatic rings. The number of carbonyl (C=O) groups excluding carboxylic acids is 3. The van der Waals surface area contributed by atoms with Crippen LogP contribution in [0.15, 0.2) is 36.7 Å². The molecule has 0 spiro atoms. The van der Waals surface area contributed by atoms with Crippen molar-refractivity contribution >= 4 is 23.4 Å². The molecule has 0 radical (unpaired) electrons. The Morgan fingerprint density at radius 3 is 2.58 bits per heavy atom. The second-order valence-corrected chi connectivity index (χ2v) is 8.54. The zero-order chi connectivity index (χ0) is 25.2. The zero-order valence-electron chi connectivity index (χ0n) is 19.8. The molecule has 2 aliphatic rings. The third kappa shape index (κ3) is 4.31. The molecule has 0 aromatic carbocycles. The molecule has 0 N–H and O–H groups in total. The van der Waals surface area contributed by atoms with Gasteiger partial charge in [0.2, 0.25) is 17.3 Å². The van der Waals surface area contributed by atoms with Crippen LogP contribution in [-0.4, -0.2) is 81.5 Å². The molecule has 0 atom stereocenters. The molecule has 0 saturated carbocycles. The summed E-state index contributed by atoms with van der Waals surface area (Å²) in [6.07, 6.45) is 3.58. The van der Waals surface area contributed by atoms with E-state index in [0.29, 0.717) is 23.6 Å². The van der Waals surface area contributed by atoms with Crippen LogP contribution in [0, 0.1) is 5.21 Å². The summed E-state index contributed by atoms with van der Waals surface area (Å²) in [5.74, 6) is -0.501. The molecule has 0 amide bonds. The molecule has 5 rings (SSSR count). The number of ether oxygens (including phenoxy) is 1. The fraction of sp³-hybridized carbons (Fsp3) is 0.375. The minimum Gasteiger partial charge on any atom is -0.571 e. The van der Waals surface area contributed by atoms with Crippen LogP contribution in [0.3, 0.4) is 0 Å². The van der Waals surface area contributed by atoms with Crippen LogP contribution in [-0.2, 0) is 11.3 Å². The Labute approximate surface area is 206 Å². The Morgan fingerprint density at radius 1 is 1.06 bits per heavy atom. The molecule has 1 saturated heterocycles. The SMILES string of the molecule is CCOC(=O)c1ccc(N2CCN(CCCn3c4c(n[n+]3[O-])C(=O)c3ncccc3C4=O)CC2)nc1. The highest BCUT2D eigenvalue weighted by molar-refractivity contribution is 6.26. The minimum atomic E-state index is -0.511. The average Bonchev–Trinajstić information content (AvgIpc) is 3.24. The number of rotatable bonds is 7. The van der Waals surface area contributed by atoms with Gasteiger partial charge in [-0.05, 0) is 37.6 Å². The molecule has 1 aliphatic carbocycles. The maximum absolute atomic E-state index is 13.0. The van der Waals surface area contributed by atoms with E-state index < -0.39 is 11.6 Å². The Bertz CT molecular complexity index is 1310. The van der Waals surface area contributed by atoms with Crippen LogP contribution in [0.5, 0.6) is 0 Å². The first-order valence-electron chi connectivity index (χ1n) is 11.8. The van der Waals surface area contributed by atoms with Crippen molar-refractivity contribution in [3.63, 3.8) is 0 Å². The standard InChI is InChI=1S/C24H25N7O5/c1-2-36-24(34)16-6-7-18(26-15-16)29-13-11-28(12-14-29)9-4-10-30-21-20(27-31(30)35)23(33)19-17(22(21)32)5-3-8-25-19/h3,5-8,15H,2,4,9-14H2,1H3. The quantitative estimate of drug-likeness (QED) is 0.204. The topological polar surface area (TPSA) is 137 Å².